The molecule has 0 atom stereocenters. The van der Waals surface area contributed by atoms with Crippen molar-refractivity contribution < 1.29 is 4.92 Å². The minimum Gasteiger partial charge on any atom is -0.390 e. The van der Waals surface area contributed by atoms with Crippen LogP contribution in [0.2, 0.25) is 0 Å². The van der Waals surface area contributed by atoms with Crippen LogP contribution in [0.1, 0.15) is 11.4 Å². The van der Waals surface area contributed by atoms with Crippen LogP contribution in [0.3, 0.4) is 0 Å². The third-order valence-electron chi connectivity index (χ3n) is 1.81. The van der Waals surface area contributed by atoms with Crippen LogP contribution in [0.4, 0.5) is 5.95 Å². The average Bonchev–Trinajstić information content (AvgIpc) is 2.30. The fraction of sp³-hybridized carbons (Fsp3) is 0.500. The predicted octanol–water partition coefficient (Wildman–Crippen LogP) is 0.0954. The first kappa shape index (κ1) is 8.66. The van der Waals surface area contributed by atoms with Crippen molar-refractivity contribution in [3.05, 3.63) is 21.5 Å². The maximum Gasteiger partial charge on any atom is 0.434 e. The third-order valence-corrected chi connectivity index (χ3v) is 1.81. The molecule has 6 heteroatoms. The first-order valence-corrected chi connectivity index (χ1v) is 3.44. The Morgan fingerprint density at radius 1 is 1.75 bits per heavy atom. The van der Waals surface area contributed by atoms with Gasteiger partial charge in [0.2, 0.25) is 0 Å². The van der Waals surface area contributed by atoms with Crippen molar-refractivity contribution in [2.24, 2.45) is 12.8 Å². The van der Waals surface area contributed by atoms with Crippen LogP contribution in [-0.2, 0) is 13.6 Å². The highest BCUT2D eigenvalue weighted by Crippen LogP contribution is 2.14. The van der Waals surface area contributed by atoms with Crippen molar-refractivity contribution in [2.45, 2.75) is 13.5 Å². The molecule has 2 N–H and O–H groups in total. The number of hydrogen-bond donors (Lipinski definition) is 1. The average molecular weight is 170 g/mol. The van der Waals surface area contributed by atoms with E-state index in [2.05, 4.69) is 4.98 Å². The van der Waals surface area contributed by atoms with E-state index in [1.54, 1.807) is 14.0 Å². The Labute approximate surface area is 69.2 Å². The van der Waals surface area contributed by atoms with Gasteiger partial charge in [-0.3, -0.25) is 0 Å². The van der Waals surface area contributed by atoms with Crippen molar-refractivity contribution in [1.82, 2.24) is 9.55 Å². The first-order chi connectivity index (χ1) is 5.57. The maximum atomic E-state index is 10.4. The van der Waals surface area contributed by atoms with Gasteiger partial charge in [-0.15, -0.1) is 0 Å². The van der Waals surface area contributed by atoms with Gasteiger partial charge in [0.15, 0.2) is 5.69 Å². The van der Waals surface area contributed by atoms with E-state index in [0.717, 1.165) is 5.69 Å². The Morgan fingerprint density at radius 3 is 2.58 bits per heavy atom. The van der Waals surface area contributed by atoms with Crippen molar-refractivity contribution in [3.63, 3.8) is 0 Å². The van der Waals surface area contributed by atoms with Crippen LogP contribution in [-0.4, -0.2) is 14.5 Å². The lowest BCUT2D eigenvalue weighted by molar-refractivity contribution is -0.396. The number of nitrogens with zero attached hydrogens (tertiary/aromatic N) is 3. The Kier molecular flexibility index (Phi) is 2.09. The molecule has 12 heavy (non-hydrogen) atoms. The zero-order valence-corrected chi connectivity index (χ0v) is 6.94. The fourth-order valence-corrected chi connectivity index (χ4v) is 0.977. The van der Waals surface area contributed by atoms with Gasteiger partial charge in [-0.25, -0.2) is 4.57 Å². The summed E-state index contributed by atoms with van der Waals surface area (Å²) in [6.45, 7) is 1.98. The van der Waals surface area contributed by atoms with Crippen molar-refractivity contribution >= 4 is 5.95 Å². The van der Waals surface area contributed by atoms with Crippen LogP contribution in [0.25, 0.3) is 0 Å². The molecule has 0 aliphatic heterocycles. The monoisotopic (exact) mass is 170 g/mol. The highest BCUT2D eigenvalue weighted by molar-refractivity contribution is 5.22. The highest BCUT2D eigenvalue weighted by atomic mass is 16.6. The van der Waals surface area contributed by atoms with Crippen LogP contribution in [0.5, 0.6) is 0 Å². The predicted molar refractivity (Wildman–Crippen MR) is 42.5 cm³/mol. The number of nitrogens with two attached hydrogens (primary N) is 1. The zero-order valence-electron chi connectivity index (χ0n) is 6.94. The van der Waals surface area contributed by atoms with Crippen LogP contribution in [0, 0.1) is 17.0 Å². The number of rotatable bonds is 2. The standard InChI is InChI=1S/C6H10N4O2/c1-4-5(3-7)8-6(9(4)2)10(11)12/h3,7H2,1-2H3. The lowest BCUT2D eigenvalue weighted by atomic mass is 10.3. The molecule has 6 nitrogen and oxygen atoms in total. The summed E-state index contributed by atoms with van der Waals surface area (Å²) in [5.74, 6) is -0.159. The number of hydrogen-bond acceptors (Lipinski definition) is 4. The molecule has 1 aromatic rings. The molecule has 0 unspecified atom stereocenters. The van der Waals surface area contributed by atoms with Gasteiger partial charge in [-0.2, -0.15) is 0 Å². The van der Waals surface area contributed by atoms with E-state index in [-0.39, 0.29) is 12.5 Å². The molecular weight excluding hydrogens is 160 g/mol. The van der Waals surface area contributed by atoms with Crippen LogP contribution >= 0.6 is 0 Å². The van der Waals surface area contributed by atoms with Crippen molar-refractivity contribution in [3.8, 4) is 0 Å². The molecule has 1 rings (SSSR count). The van der Waals surface area contributed by atoms with E-state index in [0.29, 0.717) is 5.69 Å². The molecule has 66 valence electrons. The van der Waals surface area contributed by atoms with E-state index >= 15 is 0 Å². The highest BCUT2D eigenvalue weighted by Gasteiger charge is 2.20. The second kappa shape index (κ2) is 2.90. The molecule has 0 radical (unpaired) electrons. The van der Waals surface area contributed by atoms with Gasteiger partial charge >= 0.3 is 5.95 Å². The van der Waals surface area contributed by atoms with E-state index < -0.39 is 4.92 Å². The summed E-state index contributed by atoms with van der Waals surface area (Å²) in [6.07, 6.45) is 0. The van der Waals surface area contributed by atoms with Crippen LogP contribution < -0.4 is 5.73 Å². The Balaban J connectivity index is 3.25. The van der Waals surface area contributed by atoms with Gasteiger partial charge in [0, 0.05) is 0 Å². The molecule has 0 aliphatic rings. The van der Waals surface area contributed by atoms with Gasteiger partial charge < -0.3 is 15.8 Å². The number of imidazole rings is 1. The number of nitro groups is 1. The molecule has 0 amide bonds. The smallest absolute Gasteiger partial charge is 0.390 e. The quantitative estimate of drug-likeness (QED) is 0.503. The fourth-order valence-electron chi connectivity index (χ4n) is 0.977. The van der Waals surface area contributed by atoms with Gasteiger partial charge in [0.1, 0.15) is 5.69 Å². The summed E-state index contributed by atoms with van der Waals surface area (Å²) in [5, 5.41) is 10.4. The molecule has 1 heterocycles. The summed E-state index contributed by atoms with van der Waals surface area (Å²) < 4.78 is 1.42. The Morgan fingerprint density at radius 2 is 2.33 bits per heavy atom. The zero-order chi connectivity index (χ0) is 9.30. The molecule has 0 saturated heterocycles. The lowest BCUT2D eigenvalue weighted by Crippen LogP contribution is -2.00. The first-order valence-electron chi connectivity index (χ1n) is 3.44. The molecule has 0 aliphatic carbocycles. The normalized spacial score (nSPS) is 10.2. The van der Waals surface area contributed by atoms with Gasteiger partial charge in [0.25, 0.3) is 0 Å². The summed E-state index contributed by atoms with van der Waals surface area (Å²) >= 11 is 0. The molecule has 0 saturated carbocycles. The minimum absolute atomic E-state index is 0.159. The topological polar surface area (TPSA) is 87.0 Å². The molecule has 0 bridgehead atoms. The Bertz CT molecular complexity index is 318. The van der Waals surface area contributed by atoms with E-state index in [1.165, 1.54) is 4.57 Å². The lowest BCUT2D eigenvalue weighted by Gasteiger charge is -1.93. The largest absolute Gasteiger partial charge is 0.434 e. The summed E-state index contributed by atoms with van der Waals surface area (Å²) in [7, 11) is 1.60. The minimum atomic E-state index is -0.522. The summed E-state index contributed by atoms with van der Waals surface area (Å²) in [5.41, 5.74) is 6.65. The van der Waals surface area contributed by atoms with Gasteiger partial charge in [0.05, 0.1) is 13.6 Å². The van der Waals surface area contributed by atoms with E-state index in [9.17, 15) is 10.1 Å². The summed E-state index contributed by atoms with van der Waals surface area (Å²) in [6, 6.07) is 0. The SMILES string of the molecule is Cc1c(CN)nc([N+](=O)[O-])n1C. The second-order valence-corrected chi connectivity index (χ2v) is 2.46. The number of aromatic nitrogens is 2. The van der Waals surface area contributed by atoms with Crippen molar-refractivity contribution in [2.75, 3.05) is 0 Å². The maximum absolute atomic E-state index is 10.4. The third kappa shape index (κ3) is 1.16. The molecular formula is C6H10N4O2. The van der Waals surface area contributed by atoms with E-state index in [4.69, 9.17) is 5.73 Å². The van der Waals surface area contributed by atoms with Crippen molar-refractivity contribution in [1.29, 1.82) is 0 Å². The molecule has 0 fully saturated rings. The molecule has 0 spiro atoms. The second-order valence-electron chi connectivity index (χ2n) is 2.46. The van der Waals surface area contributed by atoms with Gasteiger partial charge in [-0.05, 0) is 11.8 Å². The van der Waals surface area contributed by atoms with Gasteiger partial charge in [-0.1, -0.05) is 4.98 Å². The molecule has 0 aromatic carbocycles. The van der Waals surface area contributed by atoms with E-state index in [1.807, 2.05) is 0 Å². The van der Waals surface area contributed by atoms with Crippen LogP contribution in [0.15, 0.2) is 0 Å². The Hall–Kier alpha value is -1.43. The summed E-state index contributed by atoms with van der Waals surface area (Å²) in [4.78, 5) is 13.6. The molecule has 1 aromatic heterocycles.